The largest absolute Gasteiger partial charge is 0.379 e. The molecule has 9 heteroatoms. The quantitative estimate of drug-likeness (QED) is 0.608. The predicted octanol–water partition coefficient (Wildman–Crippen LogP) is 1.19. The van der Waals surface area contributed by atoms with E-state index in [9.17, 15) is 0 Å². The Morgan fingerprint density at radius 1 is 1.31 bits per heavy atom. The molecule has 0 aromatic carbocycles. The molecule has 0 amide bonds. The van der Waals surface area contributed by atoms with E-state index in [0.717, 1.165) is 28.4 Å². The number of nitrogens with one attached hydrogen (secondary N) is 2. The van der Waals surface area contributed by atoms with Crippen molar-refractivity contribution in [2.75, 3.05) is 25.1 Å². The molecule has 3 aromatic heterocycles. The van der Waals surface area contributed by atoms with Crippen molar-refractivity contribution in [3.05, 3.63) is 30.0 Å². The third-order valence-corrected chi connectivity index (χ3v) is 5.18. The van der Waals surface area contributed by atoms with Crippen molar-refractivity contribution in [2.24, 2.45) is 11.7 Å². The predicted molar refractivity (Wildman–Crippen MR) is 95.6 cm³/mol. The summed E-state index contributed by atoms with van der Waals surface area (Å²) in [6, 6.07) is 2.16. The van der Waals surface area contributed by atoms with Crippen LogP contribution in [0.25, 0.3) is 11.0 Å². The highest BCUT2D eigenvalue weighted by Gasteiger charge is 2.30. The van der Waals surface area contributed by atoms with Gasteiger partial charge in [-0.15, -0.1) is 5.10 Å². The molecule has 1 aliphatic heterocycles. The van der Waals surface area contributed by atoms with Gasteiger partial charge in [0.2, 0.25) is 0 Å². The van der Waals surface area contributed by atoms with E-state index in [1.54, 1.807) is 0 Å². The normalized spacial score (nSPS) is 23.0. The maximum Gasteiger partial charge on any atom is 0.143 e. The lowest BCUT2D eigenvalue weighted by atomic mass is 10.0. The van der Waals surface area contributed by atoms with Crippen LogP contribution in [0.1, 0.15) is 36.3 Å². The number of fused-ring (bicyclic) bond motifs is 1. The molecule has 3 aromatic rings. The Hall–Kier alpha value is -2.52. The first-order chi connectivity index (χ1) is 12.8. The van der Waals surface area contributed by atoms with Crippen LogP contribution in [0.3, 0.4) is 0 Å². The molecule has 1 saturated carbocycles. The van der Waals surface area contributed by atoms with E-state index in [2.05, 4.69) is 25.6 Å². The summed E-state index contributed by atoms with van der Waals surface area (Å²) < 4.78 is 7.41. The van der Waals surface area contributed by atoms with Crippen LogP contribution in [0.4, 0.5) is 5.82 Å². The van der Waals surface area contributed by atoms with E-state index < -0.39 is 0 Å². The molecule has 2 aliphatic rings. The van der Waals surface area contributed by atoms with Gasteiger partial charge in [-0.05, 0) is 25.5 Å². The van der Waals surface area contributed by atoms with Crippen LogP contribution < -0.4 is 11.1 Å². The van der Waals surface area contributed by atoms with Gasteiger partial charge >= 0.3 is 0 Å². The molecular weight excluding hydrogens is 332 g/mol. The minimum Gasteiger partial charge on any atom is -0.379 e. The summed E-state index contributed by atoms with van der Waals surface area (Å²) in [4.78, 5) is 12.5. The standard InChI is InChI=1S/C17H22N8O/c18-5-11-8-26-9-14(11)25-7-12(23-24-25)6-20-17-13-3-4-19-16(13)21-15(22-17)10-1-2-10/h3-4,7,10-11,14H,1-2,5-6,8-9,18H2,(H2,19,20,21,22)/t11-,14-/m1/s1. The fourth-order valence-electron chi connectivity index (χ4n) is 3.45. The van der Waals surface area contributed by atoms with Gasteiger partial charge in [-0.25, -0.2) is 14.6 Å². The maximum absolute atomic E-state index is 5.82. The Labute approximate surface area is 150 Å². The number of anilines is 1. The first kappa shape index (κ1) is 15.7. The van der Waals surface area contributed by atoms with E-state index >= 15 is 0 Å². The molecule has 0 unspecified atom stereocenters. The number of ether oxygens (including phenoxy) is 1. The van der Waals surface area contributed by atoms with Gasteiger partial charge in [0, 0.05) is 18.0 Å². The van der Waals surface area contributed by atoms with Gasteiger partial charge in [-0.1, -0.05) is 5.21 Å². The fraction of sp³-hybridized carbons (Fsp3) is 0.529. The topological polar surface area (TPSA) is 120 Å². The Balaban J connectivity index is 1.34. The van der Waals surface area contributed by atoms with E-state index in [1.165, 1.54) is 12.8 Å². The minimum atomic E-state index is 0.165. The number of nitrogens with zero attached hydrogens (tertiary/aromatic N) is 5. The summed E-state index contributed by atoms with van der Waals surface area (Å²) >= 11 is 0. The average molecular weight is 354 g/mol. The van der Waals surface area contributed by atoms with Crippen LogP contribution in [0.2, 0.25) is 0 Å². The SMILES string of the molecule is NC[C@@H]1COC[C@H]1n1cc(CNc2nc(C3CC3)nc3[nH]ccc23)nn1. The van der Waals surface area contributed by atoms with Gasteiger partial charge in [0.25, 0.3) is 0 Å². The molecule has 5 rings (SSSR count). The second-order valence-electron chi connectivity index (χ2n) is 7.09. The van der Waals surface area contributed by atoms with E-state index in [4.69, 9.17) is 15.5 Å². The molecular formula is C17H22N8O. The van der Waals surface area contributed by atoms with Crippen molar-refractivity contribution in [1.29, 1.82) is 0 Å². The second-order valence-corrected chi connectivity index (χ2v) is 7.09. The molecule has 0 spiro atoms. The summed E-state index contributed by atoms with van der Waals surface area (Å²) in [5.74, 6) is 2.55. The Morgan fingerprint density at radius 2 is 2.23 bits per heavy atom. The van der Waals surface area contributed by atoms with Crippen molar-refractivity contribution < 1.29 is 4.74 Å². The van der Waals surface area contributed by atoms with Gasteiger partial charge < -0.3 is 20.8 Å². The summed E-state index contributed by atoms with van der Waals surface area (Å²) in [6.45, 7) is 2.47. The molecule has 0 radical (unpaired) electrons. The summed E-state index contributed by atoms with van der Waals surface area (Å²) in [5, 5.41) is 12.9. The zero-order valence-corrected chi connectivity index (χ0v) is 14.4. The highest BCUT2D eigenvalue weighted by molar-refractivity contribution is 5.87. The highest BCUT2D eigenvalue weighted by atomic mass is 16.5. The number of aromatic amines is 1. The Kier molecular flexibility index (Phi) is 3.83. The lowest BCUT2D eigenvalue weighted by molar-refractivity contribution is 0.180. The number of nitrogens with two attached hydrogens (primary N) is 1. The maximum atomic E-state index is 5.82. The van der Waals surface area contributed by atoms with Crippen molar-refractivity contribution >= 4 is 16.9 Å². The van der Waals surface area contributed by atoms with Crippen molar-refractivity contribution in [3.63, 3.8) is 0 Å². The first-order valence-electron chi connectivity index (χ1n) is 9.09. The van der Waals surface area contributed by atoms with Crippen LogP contribution in [0.15, 0.2) is 18.5 Å². The molecule has 26 heavy (non-hydrogen) atoms. The van der Waals surface area contributed by atoms with E-state index in [1.807, 2.05) is 23.1 Å². The number of hydrogen-bond donors (Lipinski definition) is 3. The molecule has 136 valence electrons. The smallest absolute Gasteiger partial charge is 0.143 e. The lowest BCUT2D eigenvalue weighted by Crippen LogP contribution is -2.25. The average Bonchev–Trinajstić information content (AvgIpc) is 3.06. The van der Waals surface area contributed by atoms with Crippen molar-refractivity contribution in [3.8, 4) is 0 Å². The van der Waals surface area contributed by atoms with E-state index in [-0.39, 0.29) is 6.04 Å². The first-order valence-corrected chi connectivity index (χ1v) is 9.09. The lowest BCUT2D eigenvalue weighted by Gasteiger charge is -2.14. The molecule has 2 atom stereocenters. The zero-order chi connectivity index (χ0) is 17.5. The summed E-state index contributed by atoms with van der Waals surface area (Å²) in [5.41, 5.74) is 7.56. The molecule has 0 bridgehead atoms. The minimum absolute atomic E-state index is 0.165. The monoisotopic (exact) mass is 354 g/mol. The van der Waals surface area contributed by atoms with Gasteiger partial charge in [-0.2, -0.15) is 0 Å². The number of rotatable bonds is 6. The van der Waals surface area contributed by atoms with E-state index in [0.29, 0.717) is 38.1 Å². The molecule has 4 heterocycles. The van der Waals surface area contributed by atoms with Gasteiger partial charge in [0.1, 0.15) is 23.0 Å². The molecule has 9 nitrogen and oxygen atoms in total. The second kappa shape index (κ2) is 6.33. The van der Waals surface area contributed by atoms with Crippen LogP contribution >= 0.6 is 0 Å². The van der Waals surface area contributed by atoms with Gasteiger partial charge in [0.15, 0.2) is 0 Å². The van der Waals surface area contributed by atoms with Crippen molar-refractivity contribution in [1.82, 2.24) is 29.9 Å². The number of H-pyrrole nitrogens is 1. The fourth-order valence-corrected chi connectivity index (χ4v) is 3.45. The molecule has 2 fully saturated rings. The van der Waals surface area contributed by atoms with Crippen LogP contribution in [-0.4, -0.2) is 49.7 Å². The van der Waals surface area contributed by atoms with Crippen LogP contribution in [0, 0.1) is 5.92 Å². The number of hydrogen-bond acceptors (Lipinski definition) is 7. The Bertz CT molecular complexity index is 915. The molecule has 4 N–H and O–H groups in total. The zero-order valence-electron chi connectivity index (χ0n) is 14.4. The Morgan fingerprint density at radius 3 is 3.08 bits per heavy atom. The summed E-state index contributed by atoms with van der Waals surface area (Å²) in [7, 11) is 0. The molecule has 1 saturated heterocycles. The van der Waals surface area contributed by atoms with Crippen LogP contribution in [-0.2, 0) is 11.3 Å². The number of aromatic nitrogens is 6. The van der Waals surface area contributed by atoms with Crippen LogP contribution in [0.5, 0.6) is 0 Å². The van der Waals surface area contributed by atoms with Gasteiger partial charge in [0.05, 0.1) is 37.4 Å². The van der Waals surface area contributed by atoms with Gasteiger partial charge in [-0.3, -0.25) is 0 Å². The third kappa shape index (κ3) is 2.82. The summed E-state index contributed by atoms with van der Waals surface area (Å²) in [6.07, 6.45) is 6.20. The molecule has 1 aliphatic carbocycles. The van der Waals surface area contributed by atoms with Crippen molar-refractivity contribution in [2.45, 2.75) is 31.3 Å². The highest BCUT2D eigenvalue weighted by Crippen LogP contribution is 2.39. The third-order valence-electron chi connectivity index (χ3n) is 5.18.